The molecule has 2 atom stereocenters. The maximum Gasteiger partial charge on any atom is 0.0120 e. The minimum Gasteiger partial charge on any atom is -0.314 e. The van der Waals surface area contributed by atoms with Crippen molar-refractivity contribution in [3.8, 4) is 0 Å². The van der Waals surface area contributed by atoms with Crippen molar-refractivity contribution < 1.29 is 0 Å². The quantitative estimate of drug-likeness (QED) is 0.735. The molecule has 1 aliphatic rings. The van der Waals surface area contributed by atoms with Crippen LogP contribution in [0.15, 0.2) is 0 Å². The average Bonchev–Trinajstić information content (AvgIpc) is 2.34. The van der Waals surface area contributed by atoms with E-state index in [0.29, 0.717) is 0 Å². The molecule has 0 aromatic heterocycles. The van der Waals surface area contributed by atoms with Gasteiger partial charge in [-0.15, -0.1) is 0 Å². The number of rotatable bonds is 7. The van der Waals surface area contributed by atoms with E-state index in [2.05, 4.69) is 37.9 Å². The second-order valence-electron chi connectivity index (χ2n) is 6.00. The maximum absolute atomic E-state index is 3.73. The third-order valence-electron chi connectivity index (χ3n) is 4.02. The monoisotopic (exact) mass is 240 g/mol. The Morgan fingerprint density at radius 2 is 2.06 bits per heavy atom. The predicted molar refractivity (Wildman–Crippen MR) is 76.4 cm³/mol. The first-order valence-electron chi connectivity index (χ1n) is 7.63. The highest BCUT2D eigenvalue weighted by atomic mass is 15.1. The fourth-order valence-corrected chi connectivity index (χ4v) is 2.76. The lowest BCUT2D eigenvalue weighted by Crippen LogP contribution is -2.49. The molecule has 1 N–H and O–H groups in total. The molecule has 1 saturated heterocycles. The highest BCUT2D eigenvalue weighted by Gasteiger charge is 2.27. The maximum atomic E-state index is 3.73. The van der Waals surface area contributed by atoms with Crippen molar-refractivity contribution in [2.45, 2.75) is 59.4 Å². The lowest BCUT2D eigenvalue weighted by atomic mass is 9.89. The summed E-state index contributed by atoms with van der Waals surface area (Å²) < 4.78 is 0. The van der Waals surface area contributed by atoms with Gasteiger partial charge in [0.1, 0.15) is 0 Å². The zero-order chi connectivity index (χ0) is 12.7. The van der Waals surface area contributed by atoms with Crippen LogP contribution in [0.3, 0.4) is 0 Å². The van der Waals surface area contributed by atoms with Crippen LogP contribution in [0, 0.1) is 11.8 Å². The first kappa shape index (κ1) is 15.0. The highest BCUT2D eigenvalue weighted by molar-refractivity contribution is 4.84. The van der Waals surface area contributed by atoms with E-state index in [0.717, 1.165) is 17.9 Å². The van der Waals surface area contributed by atoms with E-state index in [1.54, 1.807) is 0 Å². The summed E-state index contributed by atoms with van der Waals surface area (Å²) >= 11 is 0. The minimum atomic E-state index is 0.773. The summed E-state index contributed by atoms with van der Waals surface area (Å²) in [7, 11) is 0. The smallest absolute Gasteiger partial charge is 0.0120 e. The van der Waals surface area contributed by atoms with Crippen LogP contribution in [0.2, 0.25) is 0 Å². The number of hydrogen-bond acceptors (Lipinski definition) is 2. The molecule has 2 heteroatoms. The molecule has 1 aliphatic heterocycles. The van der Waals surface area contributed by atoms with Gasteiger partial charge in [0.25, 0.3) is 0 Å². The predicted octanol–water partition coefficient (Wildman–Crippen LogP) is 3.13. The molecule has 0 radical (unpaired) electrons. The topological polar surface area (TPSA) is 15.3 Å². The second kappa shape index (κ2) is 8.10. The van der Waals surface area contributed by atoms with Crippen molar-refractivity contribution in [1.29, 1.82) is 0 Å². The lowest BCUT2D eigenvalue weighted by Gasteiger charge is -2.39. The van der Waals surface area contributed by atoms with Crippen molar-refractivity contribution in [3.05, 3.63) is 0 Å². The van der Waals surface area contributed by atoms with Gasteiger partial charge in [-0.1, -0.05) is 34.1 Å². The van der Waals surface area contributed by atoms with Crippen molar-refractivity contribution in [2.24, 2.45) is 11.8 Å². The van der Waals surface area contributed by atoms with E-state index in [1.165, 1.54) is 51.9 Å². The molecule has 102 valence electrons. The Kier molecular flexibility index (Phi) is 7.14. The SMILES string of the molecule is CCCNC1CCN(CCC(C)C)CC1CC. The van der Waals surface area contributed by atoms with E-state index in [4.69, 9.17) is 0 Å². The van der Waals surface area contributed by atoms with Crippen LogP contribution in [-0.2, 0) is 0 Å². The Hall–Kier alpha value is -0.0800. The van der Waals surface area contributed by atoms with E-state index in [-0.39, 0.29) is 0 Å². The minimum absolute atomic E-state index is 0.773. The summed E-state index contributed by atoms with van der Waals surface area (Å²) in [5.41, 5.74) is 0. The summed E-state index contributed by atoms with van der Waals surface area (Å²) in [6, 6.07) is 0.773. The van der Waals surface area contributed by atoms with Crippen LogP contribution in [0.1, 0.15) is 53.4 Å². The highest BCUT2D eigenvalue weighted by Crippen LogP contribution is 2.21. The van der Waals surface area contributed by atoms with Crippen molar-refractivity contribution in [1.82, 2.24) is 10.2 Å². The summed E-state index contributed by atoms with van der Waals surface area (Å²) in [5, 5.41) is 3.73. The molecular weight excluding hydrogens is 208 g/mol. The molecule has 0 amide bonds. The Bertz CT molecular complexity index is 191. The summed E-state index contributed by atoms with van der Waals surface area (Å²) in [5.74, 6) is 1.70. The van der Waals surface area contributed by atoms with E-state index < -0.39 is 0 Å². The van der Waals surface area contributed by atoms with Crippen LogP contribution in [-0.4, -0.2) is 37.1 Å². The molecule has 1 heterocycles. The van der Waals surface area contributed by atoms with Gasteiger partial charge >= 0.3 is 0 Å². The van der Waals surface area contributed by atoms with Gasteiger partial charge in [-0.2, -0.15) is 0 Å². The summed E-state index contributed by atoms with van der Waals surface area (Å²) in [4.78, 5) is 2.68. The first-order chi connectivity index (χ1) is 8.17. The van der Waals surface area contributed by atoms with Gasteiger partial charge in [-0.3, -0.25) is 0 Å². The number of hydrogen-bond donors (Lipinski definition) is 1. The molecule has 1 rings (SSSR count). The largest absolute Gasteiger partial charge is 0.314 e. The van der Waals surface area contributed by atoms with Gasteiger partial charge in [0.15, 0.2) is 0 Å². The van der Waals surface area contributed by atoms with Crippen molar-refractivity contribution in [2.75, 3.05) is 26.2 Å². The van der Waals surface area contributed by atoms with E-state index in [1.807, 2.05) is 0 Å². The van der Waals surface area contributed by atoms with E-state index >= 15 is 0 Å². The molecule has 0 aromatic carbocycles. The molecule has 0 spiro atoms. The number of nitrogens with one attached hydrogen (secondary N) is 1. The Morgan fingerprint density at radius 3 is 2.65 bits per heavy atom. The Labute approximate surface area is 108 Å². The number of nitrogens with zero attached hydrogens (tertiary/aromatic N) is 1. The molecule has 0 saturated carbocycles. The summed E-state index contributed by atoms with van der Waals surface area (Å²) in [6.07, 6.45) is 5.27. The normalized spacial score (nSPS) is 26.6. The average molecular weight is 240 g/mol. The van der Waals surface area contributed by atoms with Crippen LogP contribution in [0.25, 0.3) is 0 Å². The fourth-order valence-electron chi connectivity index (χ4n) is 2.76. The van der Waals surface area contributed by atoms with Crippen LogP contribution in [0.5, 0.6) is 0 Å². The van der Waals surface area contributed by atoms with Crippen molar-refractivity contribution >= 4 is 0 Å². The van der Waals surface area contributed by atoms with Crippen LogP contribution in [0.4, 0.5) is 0 Å². The van der Waals surface area contributed by atoms with Crippen molar-refractivity contribution in [3.63, 3.8) is 0 Å². The van der Waals surface area contributed by atoms with Crippen LogP contribution >= 0.6 is 0 Å². The van der Waals surface area contributed by atoms with Crippen LogP contribution < -0.4 is 5.32 Å². The lowest BCUT2D eigenvalue weighted by molar-refractivity contribution is 0.130. The van der Waals surface area contributed by atoms with E-state index in [9.17, 15) is 0 Å². The number of likely N-dealkylation sites (tertiary alicyclic amines) is 1. The molecule has 0 bridgehead atoms. The Balaban J connectivity index is 2.32. The molecular formula is C15H32N2. The zero-order valence-corrected chi connectivity index (χ0v) is 12.3. The zero-order valence-electron chi connectivity index (χ0n) is 12.3. The Morgan fingerprint density at radius 1 is 1.29 bits per heavy atom. The molecule has 17 heavy (non-hydrogen) atoms. The standard InChI is InChI=1S/C15H32N2/c1-5-9-16-15-8-11-17(10-7-13(3)4)12-14(15)6-2/h13-16H,5-12H2,1-4H3. The van der Waals surface area contributed by atoms with Gasteiger partial charge in [0.05, 0.1) is 0 Å². The van der Waals surface area contributed by atoms with Gasteiger partial charge < -0.3 is 10.2 Å². The molecule has 2 unspecified atom stereocenters. The fraction of sp³-hybridized carbons (Fsp3) is 1.00. The number of piperidine rings is 1. The molecule has 2 nitrogen and oxygen atoms in total. The second-order valence-corrected chi connectivity index (χ2v) is 6.00. The van der Waals surface area contributed by atoms with Gasteiger partial charge in [0, 0.05) is 12.6 Å². The third-order valence-corrected chi connectivity index (χ3v) is 4.02. The first-order valence-corrected chi connectivity index (χ1v) is 7.63. The van der Waals surface area contributed by atoms with Gasteiger partial charge in [0.2, 0.25) is 0 Å². The van der Waals surface area contributed by atoms with Gasteiger partial charge in [-0.05, 0) is 50.7 Å². The summed E-state index contributed by atoms with van der Waals surface area (Å²) in [6.45, 7) is 14.3. The molecule has 0 aromatic rings. The van der Waals surface area contributed by atoms with Gasteiger partial charge in [-0.25, -0.2) is 0 Å². The molecule has 1 fully saturated rings. The third kappa shape index (κ3) is 5.39. The molecule has 0 aliphatic carbocycles.